The van der Waals surface area contributed by atoms with E-state index in [4.69, 9.17) is 0 Å². The highest BCUT2D eigenvalue weighted by atomic mass is 16.2. The SMILES string of the molecule is CNC(=O)c1ccc(CN(C)C(=O)CC2CCCC2)cc1. The number of nitrogens with zero attached hydrogens (tertiary/aromatic N) is 1. The molecule has 114 valence electrons. The fourth-order valence-electron chi connectivity index (χ4n) is 2.89. The average Bonchev–Trinajstić information content (AvgIpc) is 3.00. The van der Waals surface area contributed by atoms with E-state index in [-0.39, 0.29) is 11.8 Å². The number of hydrogen-bond acceptors (Lipinski definition) is 2. The van der Waals surface area contributed by atoms with Gasteiger partial charge in [-0.1, -0.05) is 25.0 Å². The van der Waals surface area contributed by atoms with Crippen LogP contribution in [0.2, 0.25) is 0 Å². The zero-order chi connectivity index (χ0) is 15.2. The maximum Gasteiger partial charge on any atom is 0.251 e. The van der Waals surface area contributed by atoms with Gasteiger partial charge in [-0.25, -0.2) is 0 Å². The second-order valence-corrected chi connectivity index (χ2v) is 5.88. The summed E-state index contributed by atoms with van der Waals surface area (Å²) in [5, 5.41) is 2.60. The molecule has 1 fully saturated rings. The first-order valence-corrected chi connectivity index (χ1v) is 7.65. The van der Waals surface area contributed by atoms with E-state index in [1.807, 2.05) is 19.2 Å². The van der Waals surface area contributed by atoms with Crippen molar-refractivity contribution in [1.82, 2.24) is 10.2 Å². The summed E-state index contributed by atoms with van der Waals surface area (Å²) in [6.07, 6.45) is 5.60. The zero-order valence-electron chi connectivity index (χ0n) is 12.9. The first-order valence-electron chi connectivity index (χ1n) is 7.65. The summed E-state index contributed by atoms with van der Waals surface area (Å²) in [5.41, 5.74) is 1.69. The summed E-state index contributed by atoms with van der Waals surface area (Å²) < 4.78 is 0. The Morgan fingerprint density at radius 1 is 1.19 bits per heavy atom. The zero-order valence-corrected chi connectivity index (χ0v) is 12.9. The molecule has 1 aromatic rings. The number of nitrogens with one attached hydrogen (secondary N) is 1. The number of amides is 2. The van der Waals surface area contributed by atoms with Crippen LogP contribution in [0.5, 0.6) is 0 Å². The van der Waals surface area contributed by atoms with Gasteiger partial charge in [0.25, 0.3) is 5.91 Å². The summed E-state index contributed by atoms with van der Waals surface area (Å²) in [4.78, 5) is 25.4. The lowest BCUT2D eigenvalue weighted by molar-refractivity contribution is -0.131. The number of rotatable bonds is 5. The van der Waals surface area contributed by atoms with Crippen molar-refractivity contribution in [3.63, 3.8) is 0 Å². The van der Waals surface area contributed by atoms with Gasteiger partial charge in [0, 0.05) is 32.6 Å². The van der Waals surface area contributed by atoms with E-state index in [9.17, 15) is 9.59 Å². The molecular weight excluding hydrogens is 264 g/mol. The van der Waals surface area contributed by atoms with Gasteiger partial charge in [0.2, 0.25) is 5.91 Å². The Balaban J connectivity index is 1.87. The monoisotopic (exact) mass is 288 g/mol. The summed E-state index contributed by atoms with van der Waals surface area (Å²) >= 11 is 0. The van der Waals surface area contributed by atoms with Gasteiger partial charge in [0.1, 0.15) is 0 Å². The quantitative estimate of drug-likeness (QED) is 0.905. The third kappa shape index (κ3) is 4.31. The third-order valence-corrected chi connectivity index (χ3v) is 4.23. The molecule has 1 aromatic carbocycles. The topological polar surface area (TPSA) is 49.4 Å². The van der Waals surface area contributed by atoms with Crippen molar-refractivity contribution in [2.75, 3.05) is 14.1 Å². The number of hydrogen-bond donors (Lipinski definition) is 1. The van der Waals surface area contributed by atoms with Gasteiger partial charge in [-0.15, -0.1) is 0 Å². The molecule has 0 spiro atoms. The lowest BCUT2D eigenvalue weighted by Crippen LogP contribution is -2.27. The summed E-state index contributed by atoms with van der Waals surface area (Å²) in [6.45, 7) is 0.597. The van der Waals surface area contributed by atoms with E-state index in [2.05, 4.69) is 5.32 Å². The molecule has 4 nitrogen and oxygen atoms in total. The second-order valence-electron chi connectivity index (χ2n) is 5.88. The van der Waals surface area contributed by atoms with Crippen molar-refractivity contribution in [1.29, 1.82) is 0 Å². The third-order valence-electron chi connectivity index (χ3n) is 4.23. The van der Waals surface area contributed by atoms with E-state index in [1.54, 1.807) is 24.1 Å². The van der Waals surface area contributed by atoms with Gasteiger partial charge >= 0.3 is 0 Å². The van der Waals surface area contributed by atoms with Crippen LogP contribution in [0.25, 0.3) is 0 Å². The Morgan fingerprint density at radius 3 is 2.38 bits per heavy atom. The van der Waals surface area contributed by atoms with Crippen LogP contribution in [0.4, 0.5) is 0 Å². The summed E-state index contributed by atoms with van der Waals surface area (Å²) in [7, 11) is 3.47. The molecule has 1 saturated carbocycles. The molecule has 2 rings (SSSR count). The highest BCUT2D eigenvalue weighted by Crippen LogP contribution is 2.28. The number of benzene rings is 1. The normalized spacial score (nSPS) is 15.0. The van der Waals surface area contributed by atoms with E-state index >= 15 is 0 Å². The van der Waals surface area contributed by atoms with Gasteiger partial charge < -0.3 is 10.2 Å². The Bertz CT molecular complexity index is 490. The number of carbonyl (C=O) groups is 2. The van der Waals surface area contributed by atoms with Crippen molar-refractivity contribution in [2.45, 2.75) is 38.6 Å². The fraction of sp³-hybridized carbons (Fsp3) is 0.529. The van der Waals surface area contributed by atoms with E-state index in [1.165, 1.54) is 25.7 Å². The predicted molar refractivity (Wildman–Crippen MR) is 82.9 cm³/mol. The largest absolute Gasteiger partial charge is 0.355 e. The van der Waals surface area contributed by atoms with Crippen LogP contribution in [-0.2, 0) is 11.3 Å². The Morgan fingerprint density at radius 2 is 1.81 bits per heavy atom. The van der Waals surface area contributed by atoms with Crippen molar-refractivity contribution in [3.8, 4) is 0 Å². The van der Waals surface area contributed by atoms with E-state index < -0.39 is 0 Å². The molecule has 1 aliphatic rings. The van der Waals surface area contributed by atoms with Crippen LogP contribution in [0.15, 0.2) is 24.3 Å². The Hall–Kier alpha value is -1.84. The van der Waals surface area contributed by atoms with Crippen LogP contribution < -0.4 is 5.32 Å². The average molecular weight is 288 g/mol. The van der Waals surface area contributed by atoms with Crippen LogP contribution in [0, 0.1) is 5.92 Å². The predicted octanol–water partition coefficient (Wildman–Crippen LogP) is 2.58. The van der Waals surface area contributed by atoms with Gasteiger partial charge in [-0.3, -0.25) is 9.59 Å². The molecule has 2 amide bonds. The van der Waals surface area contributed by atoms with E-state index in [0.717, 1.165) is 5.56 Å². The Kier molecular flexibility index (Phi) is 5.37. The molecule has 0 unspecified atom stereocenters. The molecule has 4 heteroatoms. The van der Waals surface area contributed by atoms with Crippen molar-refractivity contribution in [2.24, 2.45) is 5.92 Å². The minimum Gasteiger partial charge on any atom is -0.355 e. The van der Waals surface area contributed by atoms with Crippen molar-refractivity contribution < 1.29 is 9.59 Å². The molecule has 0 heterocycles. The maximum atomic E-state index is 12.2. The van der Waals surface area contributed by atoms with Crippen LogP contribution in [0.3, 0.4) is 0 Å². The molecular formula is C17H24N2O2. The van der Waals surface area contributed by atoms with Gasteiger partial charge in [-0.2, -0.15) is 0 Å². The van der Waals surface area contributed by atoms with Crippen molar-refractivity contribution >= 4 is 11.8 Å². The molecule has 0 atom stereocenters. The minimum atomic E-state index is -0.0905. The first kappa shape index (κ1) is 15.5. The standard InChI is InChI=1S/C17H24N2O2/c1-18-17(21)15-9-7-14(8-10-15)12-19(2)16(20)11-13-5-3-4-6-13/h7-10,13H,3-6,11-12H2,1-2H3,(H,18,21). The molecule has 1 aliphatic carbocycles. The van der Waals surface area contributed by atoms with Crippen LogP contribution in [0.1, 0.15) is 48.0 Å². The molecule has 0 radical (unpaired) electrons. The molecule has 0 aromatic heterocycles. The molecule has 0 aliphatic heterocycles. The fourth-order valence-corrected chi connectivity index (χ4v) is 2.89. The molecule has 0 saturated heterocycles. The highest BCUT2D eigenvalue weighted by molar-refractivity contribution is 5.93. The van der Waals surface area contributed by atoms with Crippen LogP contribution in [-0.4, -0.2) is 30.8 Å². The lowest BCUT2D eigenvalue weighted by atomic mass is 10.0. The van der Waals surface area contributed by atoms with Gasteiger partial charge in [0.15, 0.2) is 0 Å². The lowest BCUT2D eigenvalue weighted by Gasteiger charge is -2.19. The second kappa shape index (κ2) is 7.25. The maximum absolute atomic E-state index is 12.2. The van der Waals surface area contributed by atoms with Gasteiger partial charge in [0.05, 0.1) is 0 Å². The molecule has 21 heavy (non-hydrogen) atoms. The molecule has 0 bridgehead atoms. The minimum absolute atomic E-state index is 0.0905. The van der Waals surface area contributed by atoms with Crippen LogP contribution >= 0.6 is 0 Å². The van der Waals surface area contributed by atoms with E-state index in [0.29, 0.717) is 24.4 Å². The highest BCUT2D eigenvalue weighted by Gasteiger charge is 2.20. The van der Waals surface area contributed by atoms with Crippen molar-refractivity contribution in [3.05, 3.63) is 35.4 Å². The summed E-state index contributed by atoms with van der Waals surface area (Å²) in [6, 6.07) is 7.40. The molecule has 1 N–H and O–H groups in total. The first-order chi connectivity index (χ1) is 10.1. The summed E-state index contributed by atoms with van der Waals surface area (Å²) in [5.74, 6) is 0.708. The smallest absolute Gasteiger partial charge is 0.251 e. The number of carbonyl (C=O) groups excluding carboxylic acids is 2. The van der Waals surface area contributed by atoms with Gasteiger partial charge in [-0.05, 0) is 36.5 Å². The Labute approximate surface area is 126 Å².